The van der Waals surface area contributed by atoms with Gasteiger partial charge in [0.15, 0.2) is 5.75 Å². The predicted octanol–water partition coefficient (Wildman–Crippen LogP) is 1.72. The number of benzene rings is 1. The van der Waals surface area contributed by atoms with Crippen molar-refractivity contribution in [1.29, 1.82) is 0 Å². The lowest BCUT2D eigenvalue weighted by Crippen LogP contribution is -1.98. The van der Waals surface area contributed by atoms with Gasteiger partial charge in [0.2, 0.25) is 6.39 Å². The predicted molar refractivity (Wildman–Crippen MR) is 55.3 cm³/mol. The Balaban J connectivity index is 2.51. The van der Waals surface area contributed by atoms with Gasteiger partial charge in [-0.15, -0.1) is 10.2 Å². The molecule has 0 fully saturated rings. The number of nitrogens with zero attached hydrogens (tertiary/aromatic N) is 2. The molecule has 1 aromatic carbocycles. The van der Waals surface area contributed by atoms with Crippen LogP contribution in [-0.2, 0) is 0 Å². The first-order valence-electron chi connectivity index (χ1n) is 4.60. The molecular weight excluding hydrogens is 194 g/mol. The van der Waals surface area contributed by atoms with E-state index < -0.39 is 0 Å². The summed E-state index contributed by atoms with van der Waals surface area (Å²) in [5.74, 6) is 0.995. The summed E-state index contributed by atoms with van der Waals surface area (Å²) in [5, 5.41) is 7.43. The lowest BCUT2D eigenvalue weighted by Gasteiger charge is -2.09. The average molecular weight is 205 g/mol. The monoisotopic (exact) mass is 205 g/mol. The Bertz CT molecular complexity index is 440. The molecule has 0 bridgehead atoms. The molecule has 0 atom stereocenters. The van der Waals surface area contributed by atoms with E-state index in [-0.39, 0.29) is 0 Å². The summed E-state index contributed by atoms with van der Waals surface area (Å²) in [6, 6.07) is 5.41. The first-order valence-corrected chi connectivity index (χ1v) is 4.60. The Labute approximate surface area is 86.9 Å². The number of nitrogens with two attached hydrogens (primary N) is 1. The molecule has 5 heteroatoms. The molecule has 1 heterocycles. The quantitative estimate of drug-likeness (QED) is 0.772. The van der Waals surface area contributed by atoms with Crippen LogP contribution in [0.1, 0.15) is 6.92 Å². The van der Waals surface area contributed by atoms with E-state index >= 15 is 0 Å². The summed E-state index contributed by atoms with van der Waals surface area (Å²) in [7, 11) is 0. The summed E-state index contributed by atoms with van der Waals surface area (Å²) >= 11 is 0. The smallest absolute Gasteiger partial charge is 0.251 e. The first-order chi connectivity index (χ1) is 7.33. The summed E-state index contributed by atoms with van der Waals surface area (Å²) < 4.78 is 10.5. The third kappa shape index (κ3) is 1.76. The van der Waals surface area contributed by atoms with Gasteiger partial charge in [0.05, 0.1) is 17.9 Å². The maximum atomic E-state index is 5.80. The molecule has 0 radical (unpaired) electrons. The Morgan fingerprint density at radius 2 is 2.33 bits per heavy atom. The van der Waals surface area contributed by atoms with Crippen molar-refractivity contribution in [1.82, 2.24) is 10.2 Å². The molecule has 0 saturated carbocycles. The fourth-order valence-electron chi connectivity index (χ4n) is 1.32. The molecule has 0 unspecified atom stereocenters. The zero-order valence-electron chi connectivity index (χ0n) is 8.30. The van der Waals surface area contributed by atoms with Crippen molar-refractivity contribution in [3.63, 3.8) is 0 Å². The minimum Gasteiger partial charge on any atom is -0.491 e. The van der Waals surface area contributed by atoms with Gasteiger partial charge in [-0.3, -0.25) is 0 Å². The largest absolute Gasteiger partial charge is 0.491 e. The van der Waals surface area contributed by atoms with Crippen LogP contribution in [0, 0.1) is 0 Å². The molecule has 0 spiro atoms. The molecule has 0 aliphatic carbocycles. The van der Waals surface area contributed by atoms with Gasteiger partial charge in [0.1, 0.15) is 0 Å². The van der Waals surface area contributed by atoms with Crippen LogP contribution in [0.4, 0.5) is 5.69 Å². The van der Waals surface area contributed by atoms with Gasteiger partial charge in [0, 0.05) is 0 Å². The van der Waals surface area contributed by atoms with Crippen LogP contribution in [0.25, 0.3) is 11.5 Å². The Hall–Kier alpha value is -2.04. The minimum atomic E-state index is 0.408. The third-order valence-corrected chi connectivity index (χ3v) is 1.92. The SMILES string of the molecule is CCOc1c(N)cccc1-c1nnco1. The summed E-state index contributed by atoms with van der Waals surface area (Å²) in [4.78, 5) is 0. The van der Waals surface area contributed by atoms with Gasteiger partial charge >= 0.3 is 0 Å². The van der Waals surface area contributed by atoms with Gasteiger partial charge in [0.25, 0.3) is 5.89 Å². The van der Waals surface area contributed by atoms with Crippen molar-refractivity contribution in [3.8, 4) is 17.2 Å². The molecule has 78 valence electrons. The molecule has 15 heavy (non-hydrogen) atoms. The van der Waals surface area contributed by atoms with Crippen molar-refractivity contribution >= 4 is 5.69 Å². The molecule has 2 rings (SSSR count). The summed E-state index contributed by atoms with van der Waals surface area (Å²) in [6.07, 6.45) is 1.27. The highest BCUT2D eigenvalue weighted by Crippen LogP contribution is 2.33. The maximum absolute atomic E-state index is 5.80. The van der Waals surface area contributed by atoms with Crippen molar-refractivity contribution in [2.75, 3.05) is 12.3 Å². The second-order valence-corrected chi connectivity index (χ2v) is 2.90. The van der Waals surface area contributed by atoms with Gasteiger partial charge in [-0.05, 0) is 19.1 Å². The second kappa shape index (κ2) is 4.00. The van der Waals surface area contributed by atoms with Gasteiger partial charge in [-0.25, -0.2) is 0 Å². The van der Waals surface area contributed by atoms with E-state index in [1.165, 1.54) is 6.39 Å². The van der Waals surface area contributed by atoms with E-state index in [4.69, 9.17) is 14.9 Å². The molecule has 0 amide bonds. The number of nitrogen functional groups attached to an aromatic ring is 1. The van der Waals surface area contributed by atoms with Crippen LogP contribution in [-0.4, -0.2) is 16.8 Å². The number of hydrogen-bond acceptors (Lipinski definition) is 5. The van der Waals surface area contributed by atoms with E-state index in [1.807, 2.05) is 19.1 Å². The second-order valence-electron chi connectivity index (χ2n) is 2.90. The van der Waals surface area contributed by atoms with Crippen LogP contribution in [0.3, 0.4) is 0 Å². The molecular formula is C10H11N3O2. The number of ether oxygens (including phenoxy) is 1. The van der Waals surface area contributed by atoms with Crippen molar-refractivity contribution in [2.24, 2.45) is 0 Å². The van der Waals surface area contributed by atoms with Crippen molar-refractivity contribution in [2.45, 2.75) is 6.92 Å². The van der Waals surface area contributed by atoms with Crippen LogP contribution in [0.15, 0.2) is 29.0 Å². The number of anilines is 1. The van der Waals surface area contributed by atoms with E-state index in [1.54, 1.807) is 6.07 Å². The molecule has 5 nitrogen and oxygen atoms in total. The molecule has 0 aliphatic rings. The van der Waals surface area contributed by atoms with Crippen LogP contribution in [0.2, 0.25) is 0 Å². The fraction of sp³-hybridized carbons (Fsp3) is 0.200. The zero-order chi connectivity index (χ0) is 10.7. The highest BCUT2D eigenvalue weighted by molar-refractivity contribution is 5.72. The topological polar surface area (TPSA) is 74.2 Å². The third-order valence-electron chi connectivity index (χ3n) is 1.92. The van der Waals surface area contributed by atoms with Crippen LogP contribution < -0.4 is 10.5 Å². The average Bonchev–Trinajstić information content (AvgIpc) is 2.74. The van der Waals surface area contributed by atoms with Gasteiger partial charge in [-0.2, -0.15) is 0 Å². The zero-order valence-corrected chi connectivity index (χ0v) is 8.30. The standard InChI is InChI=1S/C10H11N3O2/c1-2-14-9-7(4-3-5-8(9)11)10-13-12-6-15-10/h3-6H,2,11H2,1H3. The minimum absolute atomic E-state index is 0.408. The van der Waals surface area contributed by atoms with Crippen LogP contribution in [0.5, 0.6) is 5.75 Å². The Kier molecular flexibility index (Phi) is 2.53. The van der Waals surface area contributed by atoms with E-state index in [2.05, 4.69) is 10.2 Å². The molecule has 0 aliphatic heterocycles. The highest BCUT2D eigenvalue weighted by Gasteiger charge is 2.13. The summed E-state index contributed by atoms with van der Waals surface area (Å²) in [5.41, 5.74) is 7.08. The van der Waals surface area contributed by atoms with Gasteiger partial charge in [-0.1, -0.05) is 6.07 Å². The van der Waals surface area contributed by atoms with Crippen LogP contribution >= 0.6 is 0 Å². The van der Waals surface area contributed by atoms with E-state index in [0.29, 0.717) is 29.5 Å². The summed E-state index contributed by atoms with van der Waals surface area (Å²) in [6.45, 7) is 2.43. The first kappa shape index (κ1) is 9.51. The molecule has 1 aromatic heterocycles. The maximum Gasteiger partial charge on any atom is 0.251 e. The normalized spacial score (nSPS) is 10.2. The number of para-hydroxylation sites is 1. The van der Waals surface area contributed by atoms with Crippen molar-refractivity contribution < 1.29 is 9.15 Å². The lowest BCUT2D eigenvalue weighted by molar-refractivity contribution is 0.342. The Morgan fingerprint density at radius 3 is 3.00 bits per heavy atom. The highest BCUT2D eigenvalue weighted by atomic mass is 16.5. The molecule has 0 saturated heterocycles. The number of hydrogen-bond donors (Lipinski definition) is 1. The van der Waals surface area contributed by atoms with E-state index in [9.17, 15) is 0 Å². The fourth-order valence-corrected chi connectivity index (χ4v) is 1.32. The molecule has 2 aromatic rings. The Morgan fingerprint density at radius 1 is 1.47 bits per heavy atom. The lowest BCUT2D eigenvalue weighted by atomic mass is 10.1. The van der Waals surface area contributed by atoms with Crippen molar-refractivity contribution in [3.05, 3.63) is 24.6 Å². The van der Waals surface area contributed by atoms with Gasteiger partial charge < -0.3 is 14.9 Å². The molecule has 2 N–H and O–H groups in total. The van der Waals surface area contributed by atoms with E-state index in [0.717, 1.165) is 0 Å². The number of aromatic nitrogens is 2. The number of rotatable bonds is 3.